The second kappa shape index (κ2) is 31.3. The van der Waals surface area contributed by atoms with Gasteiger partial charge in [0.05, 0.1) is 26.0 Å². The summed E-state index contributed by atoms with van der Waals surface area (Å²) in [6, 6.07) is 20.1. The van der Waals surface area contributed by atoms with Crippen molar-refractivity contribution in [2.24, 2.45) is 33.7 Å². The summed E-state index contributed by atoms with van der Waals surface area (Å²) in [6.07, 6.45) is -1.51. The number of benzene rings is 4. The van der Waals surface area contributed by atoms with Gasteiger partial charge in [-0.1, -0.05) is 84.9 Å². The predicted octanol–water partition coefficient (Wildman–Crippen LogP) is -1.75. The smallest absolute Gasteiger partial charge is 0.249 e. The zero-order valence-corrected chi connectivity index (χ0v) is 44.8. The number of phenolic OH excluding ortho intramolecular Hbond substituents is 1. The zero-order chi connectivity index (χ0) is 59.0. The second-order valence-electron chi connectivity index (χ2n) is 19.4. The van der Waals surface area contributed by atoms with Crippen molar-refractivity contribution in [3.8, 4) is 11.5 Å². The molecule has 1 aliphatic heterocycles. The lowest BCUT2D eigenvalue weighted by Gasteiger charge is -2.31. The first-order valence-corrected chi connectivity index (χ1v) is 26.2. The lowest BCUT2D eigenvalue weighted by Crippen LogP contribution is -2.60. The van der Waals surface area contributed by atoms with Crippen molar-refractivity contribution in [2.45, 2.75) is 113 Å². The van der Waals surface area contributed by atoms with Gasteiger partial charge in [0.25, 0.3) is 0 Å². The number of carbonyl (C=O) groups excluding carboxylic acids is 10. The molecule has 0 aliphatic carbocycles. The Hall–Kier alpha value is -9.39. The van der Waals surface area contributed by atoms with Gasteiger partial charge in [-0.05, 0) is 85.0 Å². The summed E-state index contributed by atoms with van der Waals surface area (Å²) in [5.74, 6) is -8.28. The van der Waals surface area contributed by atoms with Gasteiger partial charge in [-0.25, -0.2) is 0 Å². The average Bonchev–Trinajstić information content (AvgIpc) is 3.99. The topological polar surface area (TPSA) is 418 Å². The average molecular weight is 1120 g/mol. The number of rotatable bonds is 30. The summed E-state index contributed by atoms with van der Waals surface area (Å²) in [5.41, 5.74) is 30.8. The number of aliphatic imine (C=N–C) groups is 1. The highest BCUT2D eigenvalue weighted by Gasteiger charge is 2.41. The van der Waals surface area contributed by atoms with Crippen LogP contribution in [0.15, 0.2) is 114 Å². The molecule has 4 aromatic carbocycles. The number of hydrogen-bond donors (Lipinski definition) is 12. The summed E-state index contributed by atoms with van der Waals surface area (Å²) >= 11 is 0. The number of methoxy groups -OCH3 is 1. The Morgan fingerprint density at radius 1 is 0.605 bits per heavy atom. The van der Waals surface area contributed by atoms with E-state index in [1.165, 1.54) is 19.2 Å². The molecule has 0 aromatic heterocycles. The normalized spacial score (nSPS) is 14.9. The first kappa shape index (κ1) is 62.5. The fourth-order valence-electron chi connectivity index (χ4n) is 8.89. The van der Waals surface area contributed by atoms with Crippen LogP contribution >= 0.6 is 0 Å². The fourth-order valence-corrected chi connectivity index (χ4v) is 8.89. The number of nitrogens with one attached hydrogen (secondary N) is 6. The number of primary amides is 2. The molecular formula is C56H71N13O12. The molecule has 1 heterocycles. The maximum absolute atomic E-state index is 14.5. The number of nitrogens with two attached hydrogens (primary N) is 5. The number of nitrogens with zero attached hydrogens (tertiary/aromatic N) is 2. The minimum absolute atomic E-state index is 0.00848. The Morgan fingerprint density at radius 2 is 1.12 bits per heavy atom. The van der Waals surface area contributed by atoms with Crippen LogP contribution in [0.1, 0.15) is 67.2 Å². The molecule has 0 saturated carbocycles. The molecule has 10 amide bonds. The largest absolute Gasteiger partial charge is 0.508 e. The van der Waals surface area contributed by atoms with Crippen LogP contribution in [0.4, 0.5) is 0 Å². The van der Waals surface area contributed by atoms with Crippen LogP contribution in [-0.2, 0) is 73.6 Å². The molecule has 7 atom stereocenters. The quantitative estimate of drug-likeness (QED) is 0.0157. The lowest BCUT2D eigenvalue weighted by atomic mass is 10.0. The first-order chi connectivity index (χ1) is 38.7. The van der Waals surface area contributed by atoms with E-state index in [0.717, 1.165) is 4.90 Å². The van der Waals surface area contributed by atoms with Gasteiger partial charge in [-0.3, -0.25) is 58.3 Å². The lowest BCUT2D eigenvalue weighted by molar-refractivity contribution is -0.143. The summed E-state index contributed by atoms with van der Waals surface area (Å²) in [7, 11) is 1.48. The van der Waals surface area contributed by atoms with Gasteiger partial charge in [0.2, 0.25) is 59.1 Å². The van der Waals surface area contributed by atoms with Gasteiger partial charge in [0.15, 0.2) is 5.96 Å². The summed E-state index contributed by atoms with van der Waals surface area (Å²) in [5, 5.41) is 25.1. The number of likely N-dealkylation sites (tertiary alicyclic amines) is 1. The Bertz CT molecular complexity index is 2850. The van der Waals surface area contributed by atoms with E-state index < -0.39 is 121 Å². The van der Waals surface area contributed by atoms with Crippen molar-refractivity contribution < 1.29 is 57.8 Å². The van der Waals surface area contributed by atoms with Gasteiger partial charge in [-0.2, -0.15) is 0 Å². The SMILES string of the molecule is COc1ccc(C[C@H](NC(=O)[C@H](CCCN=C(N)N)NC(=O)[C@@H]2CCCN2C(=O)[C@H](CC(N)=O)NC(=O)[C@H](CCC(N)=O)NC(=O)[C@H](Cc2ccccc2)NC(=O)[C@@H](N)Cc2ccc(O)cc2)C(=O)NC(=O)Cc2ccccc2)cc1. The molecule has 25 heteroatoms. The van der Waals surface area contributed by atoms with E-state index in [-0.39, 0.29) is 76.2 Å². The second-order valence-corrected chi connectivity index (χ2v) is 19.4. The minimum Gasteiger partial charge on any atom is -0.508 e. The highest BCUT2D eigenvalue weighted by Crippen LogP contribution is 2.21. The number of phenols is 1. The van der Waals surface area contributed by atoms with Crippen LogP contribution < -0.4 is 65.3 Å². The number of carbonyl (C=O) groups is 10. The highest BCUT2D eigenvalue weighted by atomic mass is 16.5. The Morgan fingerprint density at radius 3 is 1.72 bits per heavy atom. The van der Waals surface area contributed by atoms with Crippen LogP contribution in [0.25, 0.3) is 0 Å². The molecule has 0 radical (unpaired) electrons. The maximum atomic E-state index is 14.5. The summed E-state index contributed by atoms with van der Waals surface area (Å²) in [6.45, 7) is -0.0180. The molecule has 17 N–H and O–H groups in total. The van der Waals surface area contributed by atoms with Gasteiger partial charge in [0, 0.05) is 32.4 Å². The van der Waals surface area contributed by atoms with Gasteiger partial charge in [-0.15, -0.1) is 0 Å². The number of guanidine groups is 1. The number of amides is 10. The van der Waals surface area contributed by atoms with Crippen LogP contribution in [0.3, 0.4) is 0 Å². The van der Waals surface area contributed by atoms with Crippen molar-refractivity contribution >= 4 is 65.0 Å². The third-order valence-corrected chi connectivity index (χ3v) is 13.1. The van der Waals surface area contributed by atoms with E-state index in [4.69, 9.17) is 33.4 Å². The molecule has 5 rings (SSSR count). The molecule has 25 nitrogen and oxygen atoms in total. The van der Waals surface area contributed by atoms with Crippen LogP contribution in [0.5, 0.6) is 11.5 Å². The highest BCUT2D eigenvalue weighted by molar-refractivity contribution is 6.02. The van der Waals surface area contributed by atoms with E-state index in [1.807, 2.05) is 0 Å². The van der Waals surface area contributed by atoms with E-state index in [0.29, 0.717) is 28.0 Å². The van der Waals surface area contributed by atoms with E-state index in [1.54, 1.807) is 97.1 Å². The molecule has 0 spiro atoms. The number of ether oxygens (including phenoxy) is 1. The van der Waals surface area contributed by atoms with E-state index in [9.17, 15) is 53.1 Å². The van der Waals surface area contributed by atoms with Crippen LogP contribution in [-0.4, -0.2) is 138 Å². The van der Waals surface area contributed by atoms with Gasteiger partial charge in [0.1, 0.15) is 47.8 Å². The van der Waals surface area contributed by atoms with Gasteiger partial charge < -0.3 is 70.0 Å². The van der Waals surface area contributed by atoms with E-state index >= 15 is 0 Å². The zero-order valence-electron chi connectivity index (χ0n) is 44.8. The Balaban J connectivity index is 1.34. The fraction of sp³-hybridized carbons (Fsp3) is 0.375. The molecule has 4 aromatic rings. The number of hydrogen-bond acceptors (Lipinski definition) is 14. The third kappa shape index (κ3) is 20.7. The number of imide groups is 1. The first-order valence-electron chi connectivity index (χ1n) is 26.2. The third-order valence-electron chi connectivity index (χ3n) is 13.1. The summed E-state index contributed by atoms with van der Waals surface area (Å²) in [4.78, 5) is 142. The molecular weight excluding hydrogens is 1050 g/mol. The predicted molar refractivity (Wildman–Crippen MR) is 296 cm³/mol. The van der Waals surface area contributed by atoms with Gasteiger partial charge >= 0.3 is 0 Å². The minimum atomic E-state index is -1.73. The molecule has 1 aliphatic rings. The monoisotopic (exact) mass is 1120 g/mol. The number of aromatic hydroxyl groups is 1. The standard InChI is InChI=1S/C56H71N13O12/c1-81-38-22-18-36(19-23-38)30-43(53(78)68-48(73)31-34-12-6-3-7-13-34)66-50(75)40(14-8-26-62-56(60)61)64-54(79)45-15-9-27-69(45)55(80)44(32-47(59)72)67-51(76)41(24-25-46(58)71)63-52(77)42(29-33-10-4-2-5-11-33)65-49(74)39(57)28-35-16-20-37(70)21-17-35/h2-7,10-13,16-23,39-45,70H,8-9,14-15,24-32,57H2,1H3,(H2,58,71)(H2,59,72)(H,63,77)(H,64,79)(H,65,74)(H,66,75)(H,67,76)(H4,60,61,62)(H,68,73,78)/t39-,40-,41-,42-,43-,44-,45-/m0/s1. The molecule has 0 bridgehead atoms. The molecule has 432 valence electrons. The molecule has 1 fully saturated rings. The van der Waals surface area contributed by atoms with Crippen molar-refractivity contribution in [2.75, 3.05) is 20.2 Å². The molecule has 0 unspecified atom stereocenters. The van der Waals surface area contributed by atoms with Crippen LogP contribution in [0, 0.1) is 0 Å². The van der Waals surface area contributed by atoms with Crippen LogP contribution in [0.2, 0.25) is 0 Å². The Labute approximate surface area is 467 Å². The van der Waals surface area contributed by atoms with Crippen molar-refractivity contribution in [1.29, 1.82) is 0 Å². The maximum Gasteiger partial charge on any atom is 0.249 e. The summed E-state index contributed by atoms with van der Waals surface area (Å²) < 4.78 is 5.26. The molecule has 81 heavy (non-hydrogen) atoms. The van der Waals surface area contributed by atoms with Crippen molar-refractivity contribution in [1.82, 2.24) is 36.8 Å². The van der Waals surface area contributed by atoms with Crippen molar-refractivity contribution in [3.05, 3.63) is 131 Å². The Kier molecular flexibility index (Phi) is 24.1. The van der Waals surface area contributed by atoms with E-state index in [2.05, 4.69) is 36.9 Å². The van der Waals surface area contributed by atoms with Crippen molar-refractivity contribution in [3.63, 3.8) is 0 Å². The molecule has 1 saturated heterocycles.